The number of carbonyl (C=O) groups excluding carboxylic acids is 1. The highest BCUT2D eigenvalue weighted by Crippen LogP contribution is 2.12. The molecule has 0 unspecified atom stereocenters. The minimum atomic E-state index is -0.113. The first-order valence-electron chi connectivity index (χ1n) is 4.94. The number of carbonyl (C=O) groups is 1. The average molecular weight is 208 g/mol. The Balaban J connectivity index is 2.41. The van der Waals surface area contributed by atoms with Crippen LogP contribution in [0.3, 0.4) is 0 Å². The normalized spacial score (nSPS) is 10.0. The van der Waals surface area contributed by atoms with Crippen molar-refractivity contribution < 1.29 is 9.63 Å². The van der Waals surface area contributed by atoms with E-state index in [0.29, 0.717) is 6.61 Å². The van der Waals surface area contributed by atoms with E-state index in [0.717, 1.165) is 11.3 Å². The highest BCUT2D eigenvalue weighted by molar-refractivity contribution is 5.92. The minimum absolute atomic E-state index is 0.113. The molecule has 0 spiro atoms. The number of anilines is 1. The second-order valence-corrected chi connectivity index (χ2v) is 3.12. The van der Waals surface area contributed by atoms with Crippen LogP contribution in [0.1, 0.15) is 12.5 Å². The Morgan fingerprint density at radius 3 is 2.80 bits per heavy atom. The third-order valence-corrected chi connectivity index (χ3v) is 1.90. The third-order valence-electron chi connectivity index (χ3n) is 1.90. The number of benzene rings is 1. The maximum atomic E-state index is 11.4. The van der Waals surface area contributed by atoms with Gasteiger partial charge in [0.15, 0.2) is 0 Å². The lowest BCUT2D eigenvalue weighted by molar-refractivity contribution is -0.117. The Morgan fingerprint density at radius 2 is 2.13 bits per heavy atom. The van der Waals surface area contributed by atoms with Gasteiger partial charge in [-0.3, -0.25) is 4.79 Å². The number of amides is 1. The Kier molecular flexibility index (Phi) is 4.80. The highest BCUT2D eigenvalue weighted by atomic mass is 16.6. The number of hydroxylamine groups is 1. The van der Waals surface area contributed by atoms with Gasteiger partial charge < -0.3 is 10.2 Å². The zero-order valence-corrected chi connectivity index (χ0v) is 9.04. The first-order chi connectivity index (χ1) is 7.24. The van der Waals surface area contributed by atoms with E-state index in [4.69, 9.17) is 4.84 Å². The van der Waals surface area contributed by atoms with Gasteiger partial charge in [-0.05, 0) is 25.5 Å². The van der Waals surface area contributed by atoms with Crippen LogP contribution in [0.25, 0.3) is 0 Å². The zero-order valence-electron chi connectivity index (χ0n) is 9.04. The Hall–Kier alpha value is -1.39. The average Bonchev–Trinajstić information content (AvgIpc) is 2.22. The first-order valence-corrected chi connectivity index (χ1v) is 4.94. The van der Waals surface area contributed by atoms with Crippen LogP contribution in [0.2, 0.25) is 0 Å². The molecule has 0 atom stereocenters. The van der Waals surface area contributed by atoms with Gasteiger partial charge in [-0.25, -0.2) is 0 Å². The molecule has 4 nitrogen and oxygen atoms in total. The molecular formula is C11H16N2O2. The molecule has 0 aromatic heterocycles. The third kappa shape index (κ3) is 4.10. The van der Waals surface area contributed by atoms with E-state index in [9.17, 15) is 4.79 Å². The second-order valence-electron chi connectivity index (χ2n) is 3.12. The van der Waals surface area contributed by atoms with Crippen LogP contribution in [-0.4, -0.2) is 19.1 Å². The number of hydrogen-bond donors (Lipinski definition) is 2. The van der Waals surface area contributed by atoms with Crippen LogP contribution in [-0.2, 0) is 9.63 Å². The van der Waals surface area contributed by atoms with E-state index < -0.39 is 0 Å². The number of hydrogen-bond acceptors (Lipinski definition) is 3. The number of nitrogens with one attached hydrogen (secondary N) is 2. The van der Waals surface area contributed by atoms with Crippen LogP contribution >= 0.6 is 0 Å². The van der Waals surface area contributed by atoms with Crippen molar-refractivity contribution in [3.63, 3.8) is 0 Å². The van der Waals surface area contributed by atoms with Crippen molar-refractivity contribution in [1.29, 1.82) is 0 Å². The minimum Gasteiger partial charge on any atom is -0.325 e. The van der Waals surface area contributed by atoms with E-state index in [2.05, 4.69) is 10.8 Å². The fraction of sp³-hybridized carbons (Fsp3) is 0.364. The van der Waals surface area contributed by atoms with E-state index in [1.807, 2.05) is 38.1 Å². The number of para-hydroxylation sites is 1. The largest absolute Gasteiger partial charge is 0.325 e. The predicted molar refractivity (Wildman–Crippen MR) is 59.4 cm³/mol. The van der Waals surface area contributed by atoms with Crippen LogP contribution in [0.5, 0.6) is 0 Å². The summed E-state index contributed by atoms with van der Waals surface area (Å²) < 4.78 is 0. The quantitative estimate of drug-likeness (QED) is 0.569. The monoisotopic (exact) mass is 208 g/mol. The van der Waals surface area contributed by atoms with Crippen molar-refractivity contribution in [2.75, 3.05) is 18.5 Å². The van der Waals surface area contributed by atoms with Gasteiger partial charge in [-0.1, -0.05) is 18.2 Å². The van der Waals surface area contributed by atoms with E-state index in [1.165, 1.54) is 0 Å². The molecule has 0 aliphatic rings. The molecule has 0 heterocycles. The summed E-state index contributed by atoms with van der Waals surface area (Å²) in [7, 11) is 0. The SMILES string of the molecule is CCONCC(=O)Nc1ccccc1C. The van der Waals surface area contributed by atoms with Crippen LogP contribution < -0.4 is 10.8 Å². The van der Waals surface area contributed by atoms with Gasteiger partial charge in [0.2, 0.25) is 5.91 Å². The summed E-state index contributed by atoms with van der Waals surface area (Å²) in [5, 5.41) is 2.79. The van der Waals surface area contributed by atoms with Crippen LogP contribution in [0, 0.1) is 6.92 Å². The summed E-state index contributed by atoms with van der Waals surface area (Å²) in [5.41, 5.74) is 4.44. The van der Waals surface area contributed by atoms with Crippen molar-refractivity contribution in [2.45, 2.75) is 13.8 Å². The lowest BCUT2D eigenvalue weighted by Crippen LogP contribution is -2.28. The lowest BCUT2D eigenvalue weighted by Gasteiger charge is -2.08. The fourth-order valence-corrected chi connectivity index (χ4v) is 1.13. The second kappa shape index (κ2) is 6.16. The van der Waals surface area contributed by atoms with E-state index >= 15 is 0 Å². The first kappa shape index (κ1) is 11.7. The zero-order chi connectivity index (χ0) is 11.1. The molecule has 1 rings (SSSR count). The van der Waals surface area contributed by atoms with Gasteiger partial charge in [-0.15, -0.1) is 0 Å². The van der Waals surface area contributed by atoms with Gasteiger partial charge in [0.1, 0.15) is 6.54 Å². The summed E-state index contributed by atoms with van der Waals surface area (Å²) in [5.74, 6) is -0.113. The highest BCUT2D eigenvalue weighted by Gasteiger charge is 2.02. The Morgan fingerprint density at radius 1 is 1.40 bits per heavy atom. The van der Waals surface area contributed by atoms with Gasteiger partial charge in [0.05, 0.1) is 6.61 Å². The van der Waals surface area contributed by atoms with Crippen molar-refractivity contribution in [2.24, 2.45) is 0 Å². The van der Waals surface area contributed by atoms with Crippen LogP contribution in [0.4, 0.5) is 5.69 Å². The molecule has 0 aliphatic carbocycles. The van der Waals surface area contributed by atoms with Gasteiger partial charge in [-0.2, -0.15) is 5.48 Å². The molecule has 2 N–H and O–H groups in total. The molecule has 4 heteroatoms. The summed E-state index contributed by atoms with van der Waals surface area (Å²) >= 11 is 0. The molecule has 82 valence electrons. The molecule has 0 fully saturated rings. The van der Waals surface area contributed by atoms with Gasteiger partial charge in [0.25, 0.3) is 0 Å². The predicted octanol–water partition coefficient (Wildman–Crippen LogP) is 1.47. The summed E-state index contributed by atoms with van der Waals surface area (Å²) in [4.78, 5) is 16.2. The summed E-state index contributed by atoms with van der Waals surface area (Å²) in [6, 6.07) is 7.64. The summed E-state index contributed by atoms with van der Waals surface area (Å²) in [6.45, 7) is 4.50. The standard InChI is InChI=1S/C11H16N2O2/c1-3-15-12-8-11(14)13-10-7-5-4-6-9(10)2/h4-7,12H,3,8H2,1-2H3,(H,13,14). The van der Waals surface area contributed by atoms with Gasteiger partial charge in [0, 0.05) is 5.69 Å². The molecule has 1 aromatic carbocycles. The smallest absolute Gasteiger partial charge is 0.240 e. The molecule has 0 aliphatic heterocycles. The van der Waals surface area contributed by atoms with E-state index in [-0.39, 0.29) is 12.5 Å². The van der Waals surface area contributed by atoms with Crippen LogP contribution in [0.15, 0.2) is 24.3 Å². The Labute approximate surface area is 89.6 Å². The summed E-state index contributed by atoms with van der Waals surface area (Å²) in [6.07, 6.45) is 0. The molecule has 0 saturated carbocycles. The van der Waals surface area contributed by atoms with Crippen molar-refractivity contribution in [1.82, 2.24) is 5.48 Å². The number of aryl methyl sites for hydroxylation is 1. The lowest BCUT2D eigenvalue weighted by atomic mass is 10.2. The molecule has 1 amide bonds. The molecule has 1 aromatic rings. The number of rotatable bonds is 5. The molecular weight excluding hydrogens is 192 g/mol. The van der Waals surface area contributed by atoms with Crippen molar-refractivity contribution in [3.05, 3.63) is 29.8 Å². The molecule has 0 bridgehead atoms. The molecule has 0 saturated heterocycles. The fourth-order valence-electron chi connectivity index (χ4n) is 1.13. The van der Waals surface area contributed by atoms with Gasteiger partial charge >= 0.3 is 0 Å². The van der Waals surface area contributed by atoms with Crippen molar-refractivity contribution >= 4 is 11.6 Å². The maximum absolute atomic E-state index is 11.4. The molecule has 15 heavy (non-hydrogen) atoms. The topological polar surface area (TPSA) is 50.4 Å². The maximum Gasteiger partial charge on any atom is 0.240 e. The van der Waals surface area contributed by atoms with E-state index in [1.54, 1.807) is 0 Å². The molecule has 0 radical (unpaired) electrons. The Bertz CT molecular complexity index is 326. The van der Waals surface area contributed by atoms with Crippen molar-refractivity contribution in [3.8, 4) is 0 Å².